The van der Waals surface area contributed by atoms with Crippen molar-refractivity contribution in [1.82, 2.24) is 10.2 Å². The van der Waals surface area contributed by atoms with Crippen LogP contribution in [0.3, 0.4) is 0 Å². The van der Waals surface area contributed by atoms with E-state index in [9.17, 15) is 9.59 Å². The lowest BCUT2D eigenvalue weighted by Crippen LogP contribution is -2.37. The van der Waals surface area contributed by atoms with Crippen LogP contribution in [0.15, 0.2) is 11.4 Å². The SMILES string of the molecule is CNC(=O)C(C)CN(C)C(=O)c1sccc1C#CCO. The first-order valence-electron chi connectivity index (χ1n) is 6.15. The van der Waals surface area contributed by atoms with Crippen LogP contribution in [0.4, 0.5) is 0 Å². The van der Waals surface area contributed by atoms with E-state index in [0.717, 1.165) is 0 Å². The fourth-order valence-electron chi connectivity index (χ4n) is 1.70. The number of aliphatic hydroxyl groups excluding tert-OH is 1. The highest BCUT2D eigenvalue weighted by Crippen LogP contribution is 2.18. The van der Waals surface area contributed by atoms with Gasteiger partial charge in [0.1, 0.15) is 11.5 Å². The van der Waals surface area contributed by atoms with Gasteiger partial charge in [-0.3, -0.25) is 9.59 Å². The number of hydrogen-bond acceptors (Lipinski definition) is 4. The Balaban J connectivity index is 2.79. The average Bonchev–Trinajstić information content (AvgIpc) is 2.91. The van der Waals surface area contributed by atoms with Crippen LogP contribution in [-0.2, 0) is 4.79 Å². The Labute approximate surface area is 122 Å². The molecular formula is C14H18N2O3S. The molecule has 2 N–H and O–H groups in total. The molecule has 108 valence electrons. The van der Waals surface area contributed by atoms with Crippen molar-refractivity contribution in [2.75, 3.05) is 27.2 Å². The van der Waals surface area contributed by atoms with Gasteiger partial charge in [0.2, 0.25) is 5.91 Å². The zero-order valence-corrected chi connectivity index (χ0v) is 12.6. The van der Waals surface area contributed by atoms with Gasteiger partial charge >= 0.3 is 0 Å². The highest BCUT2D eigenvalue weighted by molar-refractivity contribution is 7.12. The lowest BCUT2D eigenvalue weighted by atomic mass is 10.1. The van der Waals surface area contributed by atoms with Crippen molar-refractivity contribution in [3.63, 3.8) is 0 Å². The van der Waals surface area contributed by atoms with E-state index in [1.54, 1.807) is 32.5 Å². The number of nitrogens with zero attached hydrogens (tertiary/aromatic N) is 1. The van der Waals surface area contributed by atoms with Gasteiger partial charge in [-0.05, 0) is 11.4 Å². The second-order valence-corrected chi connectivity index (χ2v) is 5.24. The molecule has 1 unspecified atom stereocenters. The van der Waals surface area contributed by atoms with Crippen molar-refractivity contribution in [1.29, 1.82) is 0 Å². The Morgan fingerprint density at radius 2 is 2.25 bits per heavy atom. The van der Waals surface area contributed by atoms with Gasteiger partial charge in [-0.1, -0.05) is 18.8 Å². The Bertz CT molecular complexity index is 542. The van der Waals surface area contributed by atoms with Crippen LogP contribution in [0, 0.1) is 17.8 Å². The first-order valence-corrected chi connectivity index (χ1v) is 7.03. The topological polar surface area (TPSA) is 69.6 Å². The van der Waals surface area contributed by atoms with E-state index < -0.39 is 0 Å². The van der Waals surface area contributed by atoms with E-state index in [0.29, 0.717) is 17.0 Å². The molecule has 1 aromatic rings. The van der Waals surface area contributed by atoms with Gasteiger partial charge < -0.3 is 15.3 Å². The third-order valence-electron chi connectivity index (χ3n) is 2.75. The quantitative estimate of drug-likeness (QED) is 0.797. The molecule has 1 rings (SSSR count). The minimum Gasteiger partial charge on any atom is -0.384 e. The molecule has 0 aliphatic carbocycles. The number of nitrogens with one attached hydrogen (secondary N) is 1. The number of hydrogen-bond donors (Lipinski definition) is 2. The maximum Gasteiger partial charge on any atom is 0.264 e. The number of carbonyl (C=O) groups is 2. The maximum absolute atomic E-state index is 12.3. The number of aliphatic hydroxyl groups is 1. The number of rotatable bonds is 4. The molecule has 1 heterocycles. The smallest absolute Gasteiger partial charge is 0.264 e. The molecule has 0 radical (unpaired) electrons. The van der Waals surface area contributed by atoms with Crippen molar-refractivity contribution in [2.24, 2.45) is 5.92 Å². The summed E-state index contributed by atoms with van der Waals surface area (Å²) >= 11 is 1.30. The van der Waals surface area contributed by atoms with E-state index in [1.165, 1.54) is 16.2 Å². The molecule has 20 heavy (non-hydrogen) atoms. The van der Waals surface area contributed by atoms with Gasteiger partial charge in [-0.15, -0.1) is 11.3 Å². The summed E-state index contributed by atoms with van der Waals surface area (Å²) in [6.07, 6.45) is 0. The van der Waals surface area contributed by atoms with Gasteiger partial charge in [-0.2, -0.15) is 0 Å². The van der Waals surface area contributed by atoms with Crippen molar-refractivity contribution in [3.05, 3.63) is 21.9 Å². The third kappa shape index (κ3) is 4.08. The molecular weight excluding hydrogens is 276 g/mol. The van der Waals surface area contributed by atoms with Crippen LogP contribution in [0.2, 0.25) is 0 Å². The summed E-state index contributed by atoms with van der Waals surface area (Å²) in [5.74, 6) is 4.73. The van der Waals surface area contributed by atoms with Gasteiger partial charge in [0.15, 0.2) is 0 Å². The number of amides is 2. The summed E-state index contributed by atoms with van der Waals surface area (Å²) in [7, 11) is 3.23. The lowest BCUT2D eigenvalue weighted by molar-refractivity contribution is -0.124. The normalized spacial score (nSPS) is 11.2. The maximum atomic E-state index is 12.3. The molecule has 0 aliphatic rings. The fraction of sp³-hybridized carbons (Fsp3) is 0.429. The molecule has 2 amide bonds. The molecule has 0 spiro atoms. The first kappa shape index (κ1) is 16.2. The molecule has 6 heteroatoms. The second kappa shape index (κ2) is 7.68. The van der Waals surface area contributed by atoms with Crippen molar-refractivity contribution in [3.8, 4) is 11.8 Å². The van der Waals surface area contributed by atoms with Crippen LogP contribution >= 0.6 is 11.3 Å². The Hall–Kier alpha value is -1.84. The predicted octanol–water partition coefficient (Wildman–Crippen LogP) is 0.546. The molecule has 0 aromatic carbocycles. The van der Waals surface area contributed by atoms with Crippen molar-refractivity contribution < 1.29 is 14.7 Å². The van der Waals surface area contributed by atoms with E-state index in [2.05, 4.69) is 17.2 Å². The van der Waals surface area contributed by atoms with Gasteiger partial charge in [-0.25, -0.2) is 0 Å². The number of thiophene rings is 1. The second-order valence-electron chi connectivity index (χ2n) is 4.32. The van der Waals surface area contributed by atoms with Crippen LogP contribution in [0.25, 0.3) is 0 Å². The highest BCUT2D eigenvalue weighted by atomic mass is 32.1. The molecule has 0 saturated heterocycles. The van der Waals surface area contributed by atoms with Crippen molar-refractivity contribution in [2.45, 2.75) is 6.92 Å². The minimum atomic E-state index is -0.277. The Kier molecular flexibility index (Phi) is 6.22. The standard InChI is InChI=1S/C14H18N2O3S/c1-10(13(18)15-2)9-16(3)14(19)12-11(5-4-7-17)6-8-20-12/h6,8,10,17H,7,9H2,1-3H3,(H,15,18). The van der Waals surface area contributed by atoms with E-state index in [4.69, 9.17) is 5.11 Å². The summed E-state index contributed by atoms with van der Waals surface area (Å²) in [6.45, 7) is 1.86. The summed E-state index contributed by atoms with van der Waals surface area (Å²) < 4.78 is 0. The summed E-state index contributed by atoms with van der Waals surface area (Å²) in [4.78, 5) is 25.8. The fourth-order valence-corrected chi connectivity index (χ4v) is 2.55. The summed E-state index contributed by atoms with van der Waals surface area (Å²) in [5, 5.41) is 13.0. The first-order chi connectivity index (χ1) is 9.51. The third-order valence-corrected chi connectivity index (χ3v) is 3.65. The lowest BCUT2D eigenvalue weighted by Gasteiger charge is -2.20. The van der Waals surface area contributed by atoms with E-state index in [-0.39, 0.29) is 24.3 Å². The molecule has 0 aliphatic heterocycles. The molecule has 0 bridgehead atoms. The Morgan fingerprint density at radius 3 is 2.85 bits per heavy atom. The average molecular weight is 294 g/mol. The largest absolute Gasteiger partial charge is 0.384 e. The molecule has 0 saturated carbocycles. The van der Waals surface area contributed by atoms with Gasteiger partial charge in [0, 0.05) is 26.2 Å². The highest BCUT2D eigenvalue weighted by Gasteiger charge is 2.20. The molecule has 1 atom stereocenters. The van der Waals surface area contributed by atoms with Crippen LogP contribution in [-0.4, -0.2) is 49.1 Å². The molecule has 0 fully saturated rings. The molecule has 5 nitrogen and oxygen atoms in total. The van der Waals surface area contributed by atoms with Crippen molar-refractivity contribution >= 4 is 23.2 Å². The zero-order valence-electron chi connectivity index (χ0n) is 11.8. The van der Waals surface area contributed by atoms with Crippen LogP contribution in [0.1, 0.15) is 22.2 Å². The van der Waals surface area contributed by atoms with E-state index >= 15 is 0 Å². The van der Waals surface area contributed by atoms with E-state index in [1.807, 2.05) is 0 Å². The minimum absolute atomic E-state index is 0.101. The predicted molar refractivity (Wildman–Crippen MR) is 78.5 cm³/mol. The Morgan fingerprint density at radius 1 is 1.55 bits per heavy atom. The van der Waals surface area contributed by atoms with Crippen LogP contribution < -0.4 is 5.32 Å². The van der Waals surface area contributed by atoms with Crippen LogP contribution in [0.5, 0.6) is 0 Å². The summed E-state index contributed by atoms with van der Waals surface area (Å²) in [6, 6.07) is 1.75. The van der Waals surface area contributed by atoms with Gasteiger partial charge in [0.05, 0.1) is 5.92 Å². The summed E-state index contributed by atoms with van der Waals surface area (Å²) in [5.41, 5.74) is 0.605. The number of carbonyl (C=O) groups excluding carboxylic acids is 2. The van der Waals surface area contributed by atoms with Gasteiger partial charge in [0.25, 0.3) is 5.91 Å². The molecule has 1 aromatic heterocycles. The zero-order chi connectivity index (χ0) is 15.1. The monoisotopic (exact) mass is 294 g/mol.